The first-order chi connectivity index (χ1) is 6.74. The number of nitrogens with two attached hydrogens (primary N) is 1. The van der Waals surface area contributed by atoms with Gasteiger partial charge in [0.05, 0.1) is 24.9 Å². The number of hydrogen-bond acceptors (Lipinski definition) is 5. The van der Waals surface area contributed by atoms with Gasteiger partial charge in [-0.1, -0.05) is 11.3 Å². The fraction of sp³-hybridized carbons (Fsp3) is 0.667. The van der Waals surface area contributed by atoms with Crippen molar-refractivity contribution in [2.24, 2.45) is 5.73 Å². The lowest BCUT2D eigenvalue weighted by atomic mass is 9.91. The summed E-state index contributed by atoms with van der Waals surface area (Å²) in [6.07, 6.45) is 1.93. The van der Waals surface area contributed by atoms with E-state index in [1.807, 2.05) is 5.38 Å². The maximum Gasteiger partial charge on any atom is 0.273 e. The highest BCUT2D eigenvalue weighted by atomic mass is 32.1. The first-order valence-electron chi connectivity index (χ1n) is 4.61. The maximum atomic E-state index is 6.21. The van der Waals surface area contributed by atoms with Gasteiger partial charge in [-0.05, 0) is 12.8 Å². The summed E-state index contributed by atoms with van der Waals surface area (Å²) in [6, 6.07) is 0. The summed E-state index contributed by atoms with van der Waals surface area (Å²) >= 11 is 1.47. The second kappa shape index (κ2) is 3.84. The van der Waals surface area contributed by atoms with Crippen LogP contribution in [-0.2, 0) is 10.3 Å². The maximum absolute atomic E-state index is 6.21. The molecule has 1 saturated heterocycles. The lowest BCUT2D eigenvalue weighted by molar-refractivity contribution is 0.0350. The van der Waals surface area contributed by atoms with Gasteiger partial charge in [-0.2, -0.15) is 0 Å². The smallest absolute Gasteiger partial charge is 0.273 e. The molecule has 2 N–H and O–H groups in total. The molecule has 0 saturated carbocycles. The number of aromatic nitrogens is 1. The van der Waals surface area contributed by atoms with Crippen molar-refractivity contribution in [2.45, 2.75) is 18.4 Å². The number of ether oxygens (including phenoxy) is 2. The van der Waals surface area contributed by atoms with Gasteiger partial charge in [0.1, 0.15) is 0 Å². The molecule has 0 amide bonds. The minimum atomic E-state index is -0.411. The Balaban J connectivity index is 2.19. The zero-order valence-corrected chi connectivity index (χ0v) is 8.97. The van der Waals surface area contributed by atoms with Crippen molar-refractivity contribution >= 4 is 11.3 Å². The van der Waals surface area contributed by atoms with Crippen LogP contribution in [0.15, 0.2) is 5.38 Å². The van der Waals surface area contributed by atoms with Gasteiger partial charge in [-0.15, -0.1) is 0 Å². The van der Waals surface area contributed by atoms with Gasteiger partial charge < -0.3 is 15.2 Å². The van der Waals surface area contributed by atoms with Crippen molar-refractivity contribution in [3.8, 4) is 5.19 Å². The first kappa shape index (κ1) is 9.89. The summed E-state index contributed by atoms with van der Waals surface area (Å²) in [6.45, 7) is 1.36. The fourth-order valence-electron chi connectivity index (χ4n) is 1.60. The molecule has 0 radical (unpaired) electrons. The van der Waals surface area contributed by atoms with Crippen molar-refractivity contribution < 1.29 is 9.47 Å². The van der Waals surface area contributed by atoms with Crippen LogP contribution in [0.4, 0.5) is 0 Å². The van der Waals surface area contributed by atoms with Crippen LogP contribution in [-0.4, -0.2) is 25.3 Å². The highest BCUT2D eigenvalue weighted by Gasteiger charge is 2.32. The zero-order valence-electron chi connectivity index (χ0n) is 8.16. The summed E-state index contributed by atoms with van der Waals surface area (Å²) in [5, 5.41) is 2.61. The molecule has 1 fully saturated rings. The monoisotopic (exact) mass is 214 g/mol. The van der Waals surface area contributed by atoms with Crippen LogP contribution in [0.5, 0.6) is 5.19 Å². The van der Waals surface area contributed by atoms with Crippen molar-refractivity contribution in [1.82, 2.24) is 4.98 Å². The van der Waals surface area contributed by atoms with E-state index in [1.54, 1.807) is 7.11 Å². The summed E-state index contributed by atoms with van der Waals surface area (Å²) in [5.74, 6) is 0. The highest BCUT2D eigenvalue weighted by molar-refractivity contribution is 7.11. The van der Waals surface area contributed by atoms with Crippen LogP contribution in [0.2, 0.25) is 0 Å². The molecule has 78 valence electrons. The predicted molar refractivity (Wildman–Crippen MR) is 54.6 cm³/mol. The van der Waals surface area contributed by atoms with E-state index in [4.69, 9.17) is 15.2 Å². The largest absolute Gasteiger partial charge is 0.473 e. The number of thiazole rings is 1. The third kappa shape index (κ3) is 1.75. The summed E-state index contributed by atoms with van der Waals surface area (Å²) in [7, 11) is 1.61. The Labute approximate surface area is 87.0 Å². The van der Waals surface area contributed by atoms with Gasteiger partial charge in [-0.3, -0.25) is 0 Å². The molecule has 0 bridgehead atoms. The molecular weight excluding hydrogens is 200 g/mol. The van der Waals surface area contributed by atoms with Gasteiger partial charge in [0.15, 0.2) is 0 Å². The molecular formula is C9H14N2O2S. The minimum absolute atomic E-state index is 0.411. The molecule has 0 aromatic carbocycles. The second-order valence-corrected chi connectivity index (χ2v) is 4.34. The quantitative estimate of drug-likeness (QED) is 0.801. The summed E-state index contributed by atoms with van der Waals surface area (Å²) in [5.41, 5.74) is 6.69. The number of nitrogens with zero attached hydrogens (tertiary/aromatic N) is 1. The summed E-state index contributed by atoms with van der Waals surface area (Å²) in [4.78, 5) is 4.32. The minimum Gasteiger partial charge on any atom is -0.473 e. The lowest BCUT2D eigenvalue weighted by Gasteiger charge is -2.31. The van der Waals surface area contributed by atoms with Crippen molar-refractivity contribution in [2.75, 3.05) is 20.3 Å². The average Bonchev–Trinajstić information content (AvgIpc) is 2.67. The molecule has 1 aromatic heterocycles. The van der Waals surface area contributed by atoms with Crippen molar-refractivity contribution in [3.05, 3.63) is 11.1 Å². The fourth-order valence-corrected chi connectivity index (χ4v) is 2.35. The van der Waals surface area contributed by atoms with Crippen LogP contribution < -0.4 is 10.5 Å². The molecule has 0 aliphatic carbocycles. The Morgan fingerprint density at radius 2 is 2.57 bits per heavy atom. The molecule has 1 aromatic rings. The van der Waals surface area contributed by atoms with Gasteiger partial charge in [0.2, 0.25) is 0 Å². The van der Waals surface area contributed by atoms with E-state index in [9.17, 15) is 0 Å². The Hall–Kier alpha value is -0.650. The predicted octanol–water partition coefficient (Wildman–Crippen LogP) is 1.12. The third-order valence-electron chi connectivity index (χ3n) is 2.44. The summed E-state index contributed by atoms with van der Waals surface area (Å²) < 4.78 is 10.4. The van der Waals surface area contributed by atoms with E-state index in [2.05, 4.69) is 4.98 Å². The van der Waals surface area contributed by atoms with Gasteiger partial charge in [0, 0.05) is 12.0 Å². The van der Waals surface area contributed by atoms with Crippen LogP contribution in [0.1, 0.15) is 18.5 Å². The zero-order chi connectivity index (χ0) is 10.0. The van der Waals surface area contributed by atoms with E-state index in [-0.39, 0.29) is 0 Å². The molecule has 2 rings (SSSR count). The molecule has 2 heterocycles. The molecule has 1 aliphatic rings. The first-order valence-corrected chi connectivity index (χ1v) is 5.49. The van der Waals surface area contributed by atoms with Crippen LogP contribution in [0.3, 0.4) is 0 Å². The topological polar surface area (TPSA) is 57.4 Å². The Kier molecular flexibility index (Phi) is 2.71. The Morgan fingerprint density at radius 1 is 1.71 bits per heavy atom. The molecule has 1 aliphatic heterocycles. The van der Waals surface area contributed by atoms with E-state index >= 15 is 0 Å². The van der Waals surface area contributed by atoms with Gasteiger partial charge in [-0.25, -0.2) is 4.98 Å². The lowest BCUT2D eigenvalue weighted by Crippen LogP contribution is -2.44. The van der Waals surface area contributed by atoms with Crippen LogP contribution in [0.25, 0.3) is 0 Å². The molecule has 0 spiro atoms. The number of rotatable bonds is 2. The number of methoxy groups -OCH3 is 1. The van der Waals surface area contributed by atoms with E-state index in [0.29, 0.717) is 11.8 Å². The molecule has 1 atom stereocenters. The SMILES string of the molecule is COc1nc(C2(N)CCCOC2)cs1. The Morgan fingerprint density at radius 3 is 3.14 bits per heavy atom. The van der Waals surface area contributed by atoms with E-state index in [1.165, 1.54) is 11.3 Å². The van der Waals surface area contributed by atoms with Crippen LogP contribution in [0, 0.1) is 0 Å². The van der Waals surface area contributed by atoms with Gasteiger partial charge in [0.25, 0.3) is 5.19 Å². The number of hydrogen-bond donors (Lipinski definition) is 1. The molecule has 1 unspecified atom stereocenters. The van der Waals surface area contributed by atoms with Crippen molar-refractivity contribution in [3.63, 3.8) is 0 Å². The molecule has 5 heteroatoms. The highest BCUT2D eigenvalue weighted by Crippen LogP contribution is 2.30. The molecule has 14 heavy (non-hydrogen) atoms. The Bertz CT molecular complexity index is 308. The molecule has 4 nitrogen and oxygen atoms in total. The third-order valence-corrected chi connectivity index (χ3v) is 3.24. The van der Waals surface area contributed by atoms with E-state index in [0.717, 1.165) is 25.1 Å². The van der Waals surface area contributed by atoms with Crippen LogP contribution >= 0.6 is 11.3 Å². The van der Waals surface area contributed by atoms with Crippen molar-refractivity contribution in [1.29, 1.82) is 0 Å². The van der Waals surface area contributed by atoms with Gasteiger partial charge >= 0.3 is 0 Å². The van der Waals surface area contributed by atoms with E-state index < -0.39 is 5.54 Å². The average molecular weight is 214 g/mol. The second-order valence-electron chi connectivity index (χ2n) is 3.52. The normalized spacial score (nSPS) is 27.6. The standard InChI is InChI=1S/C9H14N2O2S/c1-12-8-11-7(5-14-8)9(10)3-2-4-13-6-9/h5H,2-4,6,10H2,1H3.